The summed E-state index contributed by atoms with van der Waals surface area (Å²) in [7, 11) is 1.69. The number of benzene rings is 1. The lowest BCUT2D eigenvalue weighted by Crippen LogP contribution is -2.36. The van der Waals surface area contributed by atoms with Crippen molar-refractivity contribution in [2.45, 2.75) is 25.3 Å². The topological polar surface area (TPSA) is 42.4 Å². The number of hydrogen-bond donors (Lipinski definition) is 0. The van der Waals surface area contributed by atoms with E-state index in [1.54, 1.807) is 25.6 Å². The van der Waals surface area contributed by atoms with Gasteiger partial charge in [-0.15, -0.1) is 0 Å². The third kappa shape index (κ3) is 2.96. The third-order valence-electron chi connectivity index (χ3n) is 4.19. The first-order valence-electron chi connectivity index (χ1n) is 7.62. The van der Waals surface area contributed by atoms with E-state index in [4.69, 9.17) is 4.74 Å². The van der Waals surface area contributed by atoms with Gasteiger partial charge in [0.25, 0.3) is 5.91 Å². The molecule has 3 rings (SSSR count). The van der Waals surface area contributed by atoms with Crippen molar-refractivity contribution in [1.29, 1.82) is 0 Å². The lowest BCUT2D eigenvalue weighted by Gasteiger charge is -2.25. The van der Waals surface area contributed by atoms with Crippen LogP contribution < -0.4 is 4.74 Å². The van der Waals surface area contributed by atoms with Gasteiger partial charge in [-0.25, -0.2) is 0 Å². The first-order valence-corrected chi connectivity index (χ1v) is 7.62. The molecule has 0 spiro atoms. The minimum absolute atomic E-state index is 0.0745. The highest BCUT2D eigenvalue weighted by Crippen LogP contribution is 2.27. The number of aromatic nitrogens is 1. The van der Waals surface area contributed by atoms with Gasteiger partial charge in [-0.3, -0.25) is 9.78 Å². The molecule has 1 saturated heterocycles. The molecule has 2 heterocycles. The molecular formula is C18H20N2O2. The van der Waals surface area contributed by atoms with Crippen molar-refractivity contribution in [1.82, 2.24) is 9.88 Å². The fourth-order valence-corrected chi connectivity index (χ4v) is 3.10. The van der Waals surface area contributed by atoms with Crippen molar-refractivity contribution in [2.75, 3.05) is 13.7 Å². The number of methoxy groups -OCH3 is 1. The first kappa shape index (κ1) is 14.6. The molecule has 1 fully saturated rings. The highest BCUT2D eigenvalue weighted by Gasteiger charge is 2.30. The average Bonchev–Trinajstić information content (AvgIpc) is 3.03. The number of carbonyl (C=O) groups excluding carboxylic acids is 1. The number of para-hydroxylation sites is 1. The molecule has 4 heteroatoms. The standard InChI is InChI=1S/C18H20N2O2/c1-22-17-9-3-2-6-14(17)12-16-8-5-11-20(16)18(21)15-7-4-10-19-13-15/h2-4,6-7,9-10,13,16H,5,8,11-12H2,1H3. The number of amides is 1. The zero-order valence-corrected chi connectivity index (χ0v) is 12.7. The van der Waals surface area contributed by atoms with Gasteiger partial charge in [-0.2, -0.15) is 0 Å². The van der Waals surface area contributed by atoms with Gasteiger partial charge in [0.2, 0.25) is 0 Å². The van der Waals surface area contributed by atoms with Crippen molar-refractivity contribution in [3.8, 4) is 5.75 Å². The van der Waals surface area contributed by atoms with Crippen LogP contribution in [0.5, 0.6) is 5.75 Å². The van der Waals surface area contributed by atoms with Crippen LogP contribution in [0.15, 0.2) is 48.8 Å². The Labute approximate surface area is 130 Å². The summed E-state index contributed by atoms with van der Waals surface area (Å²) in [6.07, 6.45) is 6.24. The van der Waals surface area contributed by atoms with Crippen LogP contribution in [0.25, 0.3) is 0 Å². The van der Waals surface area contributed by atoms with Gasteiger partial charge in [-0.05, 0) is 43.0 Å². The largest absolute Gasteiger partial charge is 0.496 e. The summed E-state index contributed by atoms with van der Waals surface area (Å²) >= 11 is 0. The van der Waals surface area contributed by atoms with Gasteiger partial charge in [0.05, 0.1) is 12.7 Å². The predicted molar refractivity (Wildman–Crippen MR) is 85.0 cm³/mol. The van der Waals surface area contributed by atoms with Gasteiger partial charge >= 0.3 is 0 Å². The van der Waals surface area contributed by atoms with Crippen LogP contribution in [0, 0.1) is 0 Å². The van der Waals surface area contributed by atoms with E-state index >= 15 is 0 Å². The van der Waals surface area contributed by atoms with E-state index < -0.39 is 0 Å². The Morgan fingerprint density at radius 1 is 1.32 bits per heavy atom. The van der Waals surface area contributed by atoms with Gasteiger partial charge in [0.15, 0.2) is 0 Å². The number of pyridine rings is 1. The molecule has 1 aliphatic heterocycles. The maximum absolute atomic E-state index is 12.7. The third-order valence-corrected chi connectivity index (χ3v) is 4.19. The van der Waals surface area contributed by atoms with Crippen LogP contribution in [0.1, 0.15) is 28.8 Å². The number of nitrogens with zero attached hydrogens (tertiary/aromatic N) is 2. The molecule has 1 unspecified atom stereocenters. The summed E-state index contributed by atoms with van der Waals surface area (Å²) in [4.78, 5) is 18.7. The molecule has 22 heavy (non-hydrogen) atoms. The SMILES string of the molecule is COc1ccccc1CC1CCCN1C(=O)c1cccnc1. The normalized spacial score (nSPS) is 17.5. The Morgan fingerprint density at radius 3 is 2.95 bits per heavy atom. The molecule has 1 aromatic carbocycles. The fourth-order valence-electron chi connectivity index (χ4n) is 3.10. The van der Waals surface area contributed by atoms with Crippen LogP contribution in [-0.2, 0) is 6.42 Å². The number of likely N-dealkylation sites (tertiary alicyclic amines) is 1. The predicted octanol–water partition coefficient (Wildman–Crippen LogP) is 2.94. The van der Waals surface area contributed by atoms with Crippen LogP contribution in [-0.4, -0.2) is 35.5 Å². The molecule has 0 N–H and O–H groups in total. The van der Waals surface area contributed by atoms with Crippen LogP contribution in [0.2, 0.25) is 0 Å². The molecule has 1 aliphatic rings. The van der Waals surface area contributed by atoms with E-state index in [0.29, 0.717) is 5.56 Å². The second-order valence-electron chi connectivity index (χ2n) is 5.55. The zero-order valence-electron chi connectivity index (χ0n) is 12.7. The molecule has 4 nitrogen and oxygen atoms in total. The average molecular weight is 296 g/mol. The summed E-state index contributed by atoms with van der Waals surface area (Å²) in [6.45, 7) is 0.813. The molecule has 1 amide bonds. The van der Waals surface area contributed by atoms with Gasteiger partial charge in [0, 0.05) is 25.0 Å². The van der Waals surface area contributed by atoms with E-state index in [0.717, 1.165) is 37.1 Å². The second kappa shape index (κ2) is 6.60. The second-order valence-corrected chi connectivity index (χ2v) is 5.55. The molecule has 114 valence electrons. The molecule has 0 aliphatic carbocycles. The Hall–Kier alpha value is -2.36. The Bertz CT molecular complexity index is 643. The molecule has 0 saturated carbocycles. The molecule has 0 radical (unpaired) electrons. The smallest absolute Gasteiger partial charge is 0.255 e. The summed E-state index contributed by atoms with van der Waals surface area (Å²) < 4.78 is 5.42. The quantitative estimate of drug-likeness (QED) is 0.871. The zero-order chi connectivity index (χ0) is 15.4. The van der Waals surface area contributed by atoms with Gasteiger partial charge in [-0.1, -0.05) is 18.2 Å². The van der Waals surface area contributed by atoms with Crippen LogP contribution in [0.4, 0.5) is 0 Å². The van der Waals surface area contributed by atoms with E-state index in [-0.39, 0.29) is 11.9 Å². The Kier molecular flexibility index (Phi) is 4.37. The number of rotatable bonds is 4. The van der Waals surface area contributed by atoms with Crippen molar-refractivity contribution in [2.24, 2.45) is 0 Å². The maximum atomic E-state index is 12.7. The molecule has 2 aromatic rings. The minimum atomic E-state index is 0.0745. The van der Waals surface area contributed by atoms with E-state index in [2.05, 4.69) is 11.1 Å². The van der Waals surface area contributed by atoms with Crippen LogP contribution >= 0.6 is 0 Å². The summed E-state index contributed by atoms with van der Waals surface area (Å²) in [5.74, 6) is 0.966. The monoisotopic (exact) mass is 296 g/mol. The Morgan fingerprint density at radius 2 is 2.18 bits per heavy atom. The van der Waals surface area contributed by atoms with Crippen LogP contribution in [0.3, 0.4) is 0 Å². The fraction of sp³-hybridized carbons (Fsp3) is 0.333. The van der Waals surface area contributed by atoms with Gasteiger partial charge < -0.3 is 9.64 Å². The number of carbonyl (C=O) groups is 1. The molecule has 0 bridgehead atoms. The Balaban J connectivity index is 1.77. The highest BCUT2D eigenvalue weighted by molar-refractivity contribution is 5.94. The lowest BCUT2D eigenvalue weighted by molar-refractivity contribution is 0.0735. The molecule has 1 aromatic heterocycles. The maximum Gasteiger partial charge on any atom is 0.255 e. The van der Waals surface area contributed by atoms with E-state index in [1.165, 1.54) is 0 Å². The molecular weight excluding hydrogens is 276 g/mol. The summed E-state index contributed by atoms with van der Waals surface area (Å²) in [5, 5.41) is 0. The van der Waals surface area contributed by atoms with Crippen molar-refractivity contribution in [3.05, 3.63) is 59.9 Å². The first-order chi connectivity index (χ1) is 10.8. The van der Waals surface area contributed by atoms with Gasteiger partial charge in [0.1, 0.15) is 5.75 Å². The van der Waals surface area contributed by atoms with E-state index in [1.807, 2.05) is 29.2 Å². The summed E-state index contributed by atoms with van der Waals surface area (Å²) in [5.41, 5.74) is 1.82. The van der Waals surface area contributed by atoms with Crippen molar-refractivity contribution in [3.63, 3.8) is 0 Å². The minimum Gasteiger partial charge on any atom is -0.496 e. The number of ether oxygens (including phenoxy) is 1. The van der Waals surface area contributed by atoms with Crippen molar-refractivity contribution < 1.29 is 9.53 Å². The lowest BCUT2D eigenvalue weighted by atomic mass is 10.0. The molecule has 1 atom stereocenters. The highest BCUT2D eigenvalue weighted by atomic mass is 16.5. The van der Waals surface area contributed by atoms with E-state index in [9.17, 15) is 4.79 Å². The summed E-state index contributed by atoms with van der Waals surface area (Å²) in [6, 6.07) is 11.9. The van der Waals surface area contributed by atoms with Crippen molar-refractivity contribution >= 4 is 5.91 Å². The number of hydrogen-bond acceptors (Lipinski definition) is 3.